The van der Waals surface area contributed by atoms with Gasteiger partial charge in [-0.15, -0.1) is 12.4 Å². The molecule has 0 bridgehead atoms. The topological polar surface area (TPSA) is 32.3 Å². The van der Waals surface area contributed by atoms with Gasteiger partial charge in [0, 0.05) is 18.6 Å². The third kappa shape index (κ3) is 3.61. The van der Waals surface area contributed by atoms with Gasteiger partial charge in [0.15, 0.2) is 0 Å². The standard InChI is InChI=1S/C13H17ClN2O.ClH/c1-16(13(17)12-7-4-8-15-12)9-10-5-2-3-6-11(10)14;/h2-3,5-6,12,15H,4,7-9H2,1H3;1H/t12-;/m0./s1. The van der Waals surface area contributed by atoms with Gasteiger partial charge in [0.1, 0.15) is 0 Å². The van der Waals surface area contributed by atoms with Gasteiger partial charge in [0.25, 0.3) is 0 Å². The van der Waals surface area contributed by atoms with Crippen LogP contribution in [0.5, 0.6) is 0 Å². The molecule has 1 fully saturated rings. The monoisotopic (exact) mass is 288 g/mol. The normalized spacial score (nSPS) is 18.2. The van der Waals surface area contributed by atoms with Crippen molar-refractivity contribution in [2.75, 3.05) is 13.6 Å². The minimum atomic E-state index is -0.0116. The lowest BCUT2D eigenvalue weighted by atomic mass is 10.1. The van der Waals surface area contributed by atoms with Gasteiger partial charge in [-0.2, -0.15) is 0 Å². The highest BCUT2D eigenvalue weighted by atomic mass is 35.5. The fraction of sp³-hybridized carbons (Fsp3) is 0.462. The predicted octanol–water partition coefficient (Wildman–Crippen LogP) is 2.47. The van der Waals surface area contributed by atoms with Gasteiger partial charge in [-0.3, -0.25) is 4.79 Å². The Labute approximate surface area is 119 Å². The first-order valence-electron chi connectivity index (χ1n) is 5.90. The molecule has 1 aromatic rings. The van der Waals surface area contributed by atoms with Crippen LogP contribution in [-0.4, -0.2) is 30.4 Å². The summed E-state index contributed by atoms with van der Waals surface area (Å²) < 4.78 is 0. The van der Waals surface area contributed by atoms with Crippen LogP contribution in [0.2, 0.25) is 5.02 Å². The molecule has 0 aliphatic carbocycles. The summed E-state index contributed by atoms with van der Waals surface area (Å²) in [6.45, 7) is 1.51. The molecule has 3 nitrogen and oxygen atoms in total. The summed E-state index contributed by atoms with van der Waals surface area (Å²) >= 11 is 6.08. The molecule has 5 heteroatoms. The second kappa shape index (κ2) is 6.98. The van der Waals surface area contributed by atoms with Crippen LogP contribution in [0.15, 0.2) is 24.3 Å². The van der Waals surface area contributed by atoms with Gasteiger partial charge < -0.3 is 10.2 Å². The second-order valence-electron chi connectivity index (χ2n) is 4.43. The number of nitrogens with zero attached hydrogens (tertiary/aromatic N) is 1. The van der Waals surface area contributed by atoms with Crippen LogP contribution in [0.4, 0.5) is 0 Å². The lowest BCUT2D eigenvalue weighted by Crippen LogP contribution is -2.41. The fourth-order valence-electron chi connectivity index (χ4n) is 2.12. The number of nitrogens with one attached hydrogen (secondary N) is 1. The fourth-order valence-corrected chi connectivity index (χ4v) is 2.32. The van der Waals surface area contributed by atoms with Gasteiger partial charge >= 0.3 is 0 Å². The Kier molecular flexibility index (Phi) is 5.93. The Morgan fingerprint density at radius 2 is 2.22 bits per heavy atom. The van der Waals surface area contributed by atoms with Gasteiger partial charge in [-0.25, -0.2) is 0 Å². The highest BCUT2D eigenvalue weighted by molar-refractivity contribution is 6.31. The number of rotatable bonds is 3. The van der Waals surface area contributed by atoms with Crippen LogP contribution >= 0.6 is 24.0 Å². The summed E-state index contributed by atoms with van der Waals surface area (Å²) in [5, 5.41) is 3.93. The van der Waals surface area contributed by atoms with Gasteiger partial charge in [-0.05, 0) is 31.0 Å². The van der Waals surface area contributed by atoms with E-state index < -0.39 is 0 Å². The molecule has 0 spiro atoms. The van der Waals surface area contributed by atoms with E-state index in [9.17, 15) is 4.79 Å². The van der Waals surface area contributed by atoms with E-state index in [0.29, 0.717) is 11.6 Å². The highest BCUT2D eigenvalue weighted by Gasteiger charge is 2.24. The summed E-state index contributed by atoms with van der Waals surface area (Å²) in [6, 6.07) is 7.62. The van der Waals surface area contributed by atoms with E-state index in [1.807, 2.05) is 31.3 Å². The molecule has 1 aliphatic heterocycles. The number of hydrogen-bond donors (Lipinski definition) is 1. The number of halogens is 2. The molecule has 1 heterocycles. The Hall–Kier alpha value is -0.770. The Morgan fingerprint density at radius 1 is 1.50 bits per heavy atom. The summed E-state index contributed by atoms with van der Waals surface area (Å²) in [6.07, 6.45) is 2.02. The number of likely N-dealkylation sites (N-methyl/N-ethyl adjacent to an activating group) is 1. The van der Waals surface area contributed by atoms with Crippen molar-refractivity contribution < 1.29 is 4.79 Å². The quantitative estimate of drug-likeness (QED) is 0.927. The Morgan fingerprint density at radius 3 is 2.83 bits per heavy atom. The maximum atomic E-state index is 12.1. The van der Waals surface area contributed by atoms with E-state index in [-0.39, 0.29) is 24.4 Å². The number of hydrogen-bond acceptors (Lipinski definition) is 2. The molecular formula is C13H18Cl2N2O. The van der Waals surface area contributed by atoms with E-state index in [1.54, 1.807) is 4.90 Å². The lowest BCUT2D eigenvalue weighted by molar-refractivity contribution is -0.132. The van der Waals surface area contributed by atoms with Crippen LogP contribution in [0, 0.1) is 0 Å². The summed E-state index contributed by atoms with van der Waals surface area (Å²) in [7, 11) is 1.83. The Bertz CT molecular complexity index is 406. The molecule has 1 aliphatic rings. The van der Waals surface area contributed by atoms with E-state index >= 15 is 0 Å². The predicted molar refractivity (Wildman–Crippen MR) is 76.2 cm³/mol. The zero-order valence-electron chi connectivity index (χ0n) is 10.4. The van der Waals surface area contributed by atoms with Crippen molar-refractivity contribution in [3.05, 3.63) is 34.9 Å². The highest BCUT2D eigenvalue weighted by Crippen LogP contribution is 2.17. The molecule has 1 amide bonds. The number of amides is 1. The van der Waals surface area contributed by atoms with Gasteiger partial charge in [-0.1, -0.05) is 29.8 Å². The average molecular weight is 289 g/mol. The molecule has 1 N–H and O–H groups in total. The van der Waals surface area contributed by atoms with Crippen molar-refractivity contribution in [1.82, 2.24) is 10.2 Å². The van der Waals surface area contributed by atoms with Crippen molar-refractivity contribution in [3.8, 4) is 0 Å². The van der Waals surface area contributed by atoms with Crippen LogP contribution < -0.4 is 5.32 Å². The van der Waals surface area contributed by atoms with Crippen LogP contribution in [-0.2, 0) is 11.3 Å². The third-order valence-corrected chi connectivity index (χ3v) is 3.47. The SMILES string of the molecule is CN(Cc1ccccc1Cl)C(=O)[C@@H]1CCCN1.Cl. The van der Waals surface area contributed by atoms with Crippen LogP contribution in [0.3, 0.4) is 0 Å². The average Bonchev–Trinajstić information content (AvgIpc) is 2.84. The van der Waals surface area contributed by atoms with E-state index in [2.05, 4.69) is 5.32 Å². The van der Waals surface area contributed by atoms with E-state index in [0.717, 1.165) is 24.9 Å². The summed E-state index contributed by atoms with van der Waals surface area (Å²) in [5.41, 5.74) is 0.989. The second-order valence-corrected chi connectivity index (χ2v) is 4.84. The largest absolute Gasteiger partial charge is 0.340 e. The molecule has 2 rings (SSSR count). The van der Waals surface area contributed by atoms with Crippen molar-refractivity contribution in [2.24, 2.45) is 0 Å². The lowest BCUT2D eigenvalue weighted by Gasteiger charge is -2.21. The molecular weight excluding hydrogens is 271 g/mol. The molecule has 0 aromatic heterocycles. The van der Waals surface area contributed by atoms with E-state index in [1.165, 1.54) is 0 Å². The summed E-state index contributed by atoms with van der Waals surface area (Å²) in [4.78, 5) is 13.8. The van der Waals surface area contributed by atoms with Gasteiger partial charge in [0.2, 0.25) is 5.91 Å². The maximum absolute atomic E-state index is 12.1. The van der Waals surface area contributed by atoms with Crippen LogP contribution in [0.25, 0.3) is 0 Å². The maximum Gasteiger partial charge on any atom is 0.239 e. The number of carbonyl (C=O) groups excluding carboxylic acids is 1. The molecule has 0 unspecified atom stereocenters. The molecule has 0 saturated carbocycles. The smallest absolute Gasteiger partial charge is 0.239 e. The van der Waals surface area contributed by atoms with Gasteiger partial charge in [0.05, 0.1) is 6.04 Å². The molecule has 0 radical (unpaired) electrons. The number of carbonyl (C=O) groups is 1. The zero-order valence-corrected chi connectivity index (χ0v) is 11.9. The Balaban J connectivity index is 0.00000162. The first kappa shape index (κ1) is 15.3. The van der Waals surface area contributed by atoms with Crippen LogP contribution in [0.1, 0.15) is 18.4 Å². The molecule has 100 valence electrons. The summed E-state index contributed by atoms with van der Waals surface area (Å²) in [5.74, 6) is 0.155. The van der Waals surface area contributed by atoms with Crippen molar-refractivity contribution in [1.29, 1.82) is 0 Å². The molecule has 1 atom stereocenters. The molecule has 18 heavy (non-hydrogen) atoms. The minimum absolute atomic E-state index is 0. The van der Waals surface area contributed by atoms with Crippen molar-refractivity contribution in [2.45, 2.75) is 25.4 Å². The first-order chi connectivity index (χ1) is 8.18. The van der Waals surface area contributed by atoms with Crippen molar-refractivity contribution >= 4 is 29.9 Å². The third-order valence-electron chi connectivity index (χ3n) is 3.10. The zero-order chi connectivity index (χ0) is 12.3. The van der Waals surface area contributed by atoms with Crippen molar-refractivity contribution in [3.63, 3.8) is 0 Å². The first-order valence-corrected chi connectivity index (χ1v) is 6.28. The van der Waals surface area contributed by atoms with E-state index in [4.69, 9.17) is 11.6 Å². The minimum Gasteiger partial charge on any atom is -0.340 e. The number of benzene rings is 1. The molecule has 1 aromatic carbocycles. The molecule has 1 saturated heterocycles.